The number of nitrogens with zero attached hydrogens (tertiary/aromatic N) is 2. The van der Waals surface area contributed by atoms with Crippen molar-refractivity contribution < 1.29 is 19.1 Å². The number of aromatic nitrogens is 2. The number of carbonyl (C=O) groups excluding carboxylic acids is 2. The van der Waals surface area contributed by atoms with E-state index in [4.69, 9.17) is 9.47 Å². The van der Waals surface area contributed by atoms with Gasteiger partial charge in [0.2, 0.25) is 0 Å². The number of amides is 1. The molecule has 1 heterocycles. The van der Waals surface area contributed by atoms with Gasteiger partial charge in [0.1, 0.15) is 5.75 Å². The molecule has 1 aromatic heterocycles. The van der Waals surface area contributed by atoms with Crippen LogP contribution >= 0.6 is 0 Å². The maximum absolute atomic E-state index is 12.0. The van der Waals surface area contributed by atoms with Crippen molar-refractivity contribution in [1.82, 2.24) is 9.78 Å². The van der Waals surface area contributed by atoms with E-state index in [1.165, 1.54) is 0 Å². The van der Waals surface area contributed by atoms with Gasteiger partial charge >= 0.3 is 5.97 Å². The lowest BCUT2D eigenvalue weighted by Gasteiger charge is -2.09. The van der Waals surface area contributed by atoms with Crippen LogP contribution in [0.25, 0.3) is 10.8 Å². The molecule has 27 heavy (non-hydrogen) atoms. The normalized spacial score (nSPS) is 10.6. The van der Waals surface area contributed by atoms with Crippen LogP contribution in [0.5, 0.6) is 5.75 Å². The van der Waals surface area contributed by atoms with Crippen LogP contribution in [-0.2, 0) is 21.4 Å². The third-order valence-electron chi connectivity index (χ3n) is 4.22. The van der Waals surface area contributed by atoms with Crippen LogP contribution in [0.3, 0.4) is 0 Å². The van der Waals surface area contributed by atoms with Gasteiger partial charge in [-0.2, -0.15) is 5.10 Å². The second kappa shape index (κ2) is 7.90. The van der Waals surface area contributed by atoms with Crippen LogP contribution in [-0.4, -0.2) is 34.9 Å². The molecule has 7 nitrogen and oxygen atoms in total. The Hall–Kier alpha value is -3.35. The van der Waals surface area contributed by atoms with E-state index in [-0.39, 0.29) is 13.2 Å². The Morgan fingerprint density at radius 2 is 1.81 bits per heavy atom. The zero-order valence-corrected chi connectivity index (χ0v) is 15.5. The summed E-state index contributed by atoms with van der Waals surface area (Å²) < 4.78 is 12.1. The van der Waals surface area contributed by atoms with Crippen molar-refractivity contribution in [2.24, 2.45) is 7.05 Å². The van der Waals surface area contributed by atoms with Crippen LogP contribution < -0.4 is 10.1 Å². The number of nitrogens with one attached hydrogen (secondary N) is 1. The number of anilines is 1. The minimum Gasteiger partial charge on any atom is -0.482 e. The molecule has 0 spiro atoms. The molecule has 0 atom stereocenters. The Morgan fingerprint density at radius 1 is 1.07 bits per heavy atom. The summed E-state index contributed by atoms with van der Waals surface area (Å²) in [5.41, 5.74) is 2.16. The van der Waals surface area contributed by atoms with Gasteiger partial charge in [0.25, 0.3) is 5.91 Å². The number of hydrogen-bond acceptors (Lipinski definition) is 5. The summed E-state index contributed by atoms with van der Waals surface area (Å²) in [6, 6.07) is 13.4. The quantitative estimate of drug-likeness (QED) is 0.678. The van der Waals surface area contributed by atoms with Crippen LogP contribution in [0.4, 0.5) is 5.69 Å². The fraction of sp³-hybridized carbons (Fsp3) is 0.250. The summed E-state index contributed by atoms with van der Waals surface area (Å²) in [4.78, 5) is 23.8. The monoisotopic (exact) mass is 367 g/mol. The van der Waals surface area contributed by atoms with E-state index < -0.39 is 11.9 Å². The van der Waals surface area contributed by atoms with Gasteiger partial charge in [-0.25, -0.2) is 4.79 Å². The smallest absolute Gasteiger partial charge is 0.344 e. The van der Waals surface area contributed by atoms with E-state index in [9.17, 15) is 9.59 Å². The highest BCUT2D eigenvalue weighted by Gasteiger charge is 2.14. The largest absolute Gasteiger partial charge is 0.482 e. The first-order valence-electron chi connectivity index (χ1n) is 8.51. The number of esters is 1. The van der Waals surface area contributed by atoms with Crippen molar-refractivity contribution in [2.75, 3.05) is 18.5 Å². The van der Waals surface area contributed by atoms with E-state index in [1.807, 2.05) is 43.3 Å². The predicted molar refractivity (Wildman–Crippen MR) is 102 cm³/mol. The molecule has 0 aliphatic heterocycles. The molecule has 3 rings (SSSR count). The van der Waals surface area contributed by atoms with Gasteiger partial charge in [0.15, 0.2) is 13.2 Å². The Bertz CT molecular complexity index is 994. The molecule has 0 aliphatic rings. The standard InChI is InChI=1S/C20H21N3O4/c1-13-20(14(2)23(3)22-13)21-18(24)11-27-19(25)12-26-17-9-8-15-6-4-5-7-16(15)10-17/h4-10H,11-12H2,1-3H3,(H,21,24). The molecule has 3 aromatic rings. The first-order chi connectivity index (χ1) is 12.9. The Morgan fingerprint density at radius 3 is 2.52 bits per heavy atom. The molecular formula is C20H21N3O4. The molecule has 0 saturated heterocycles. The number of hydrogen-bond donors (Lipinski definition) is 1. The Kier molecular flexibility index (Phi) is 5.40. The fourth-order valence-corrected chi connectivity index (χ4v) is 2.72. The average molecular weight is 367 g/mol. The highest BCUT2D eigenvalue weighted by atomic mass is 16.6. The molecule has 0 fully saturated rings. The SMILES string of the molecule is Cc1nn(C)c(C)c1NC(=O)COC(=O)COc1ccc2ccccc2c1. The van der Waals surface area contributed by atoms with Crippen molar-refractivity contribution in [1.29, 1.82) is 0 Å². The van der Waals surface area contributed by atoms with Crippen molar-refractivity contribution >= 4 is 28.3 Å². The van der Waals surface area contributed by atoms with Gasteiger partial charge in [-0.3, -0.25) is 9.48 Å². The topological polar surface area (TPSA) is 82.5 Å². The van der Waals surface area contributed by atoms with Crippen LogP contribution in [0, 0.1) is 13.8 Å². The van der Waals surface area contributed by atoms with Crippen LogP contribution in [0.15, 0.2) is 42.5 Å². The number of benzene rings is 2. The fourth-order valence-electron chi connectivity index (χ4n) is 2.72. The maximum atomic E-state index is 12.0. The highest BCUT2D eigenvalue weighted by molar-refractivity contribution is 5.94. The zero-order valence-electron chi connectivity index (χ0n) is 15.5. The van der Waals surface area contributed by atoms with Crippen molar-refractivity contribution in [3.63, 3.8) is 0 Å². The summed E-state index contributed by atoms with van der Waals surface area (Å²) in [6.07, 6.45) is 0. The minimum absolute atomic E-state index is 0.267. The number of carbonyl (C=O) groups is 2. The second-order valence-corrected chi connectivity index (χ2v) is 6.18. The van der Waals surface area contributed by atoms with Gasteiger partial charge in [-0.05, 0) is 36.8 Å². The van der Waals surface area contributed by atoms with Gasteiger partial charge in [0, 0.05) is 7.05 Å². The average Bonchev–Trinajstić information content (AvgIpc) is 2.90. The van der Waals surface area contributed by atoms with Gasteiger partial charge in [-0.15, -0.1) is 0 Å². The van der Waals surface area contributed by atoms with Gasteiger partial charge < -0.3 is 14.8 Å². The lowest BCUT2D eigenvalue weighted by atomic mass is 10.1. The van der Waals surface area contributed by atoms with E-state index in [1.54, 1.807) is 24.7 Å². The van der Waals surface area contributed by atoms with E-state index in [0.717, 1.165) is 16.5 Å². The molecule has 2 aromatic carbocycles. The third kappa shape index (κ3) is 4.44. The molecule has 0 unspecified atom stereocenters. The first kappa shape index (κ1) is 18.4. The highest BCUT2D eigenvalue weighted by Crippen LogP contribution is 2.20. The van der Waals surface area contributed by atoms with Gasteiger partial charge in [0.05, 0.1) is 17.1 Å². The van der Waals surface area contributed by atoms with Gasteiger partial charge in [-0.1, -0.05) is 30.3 Å². The first-order valence-corrected chi connectivity index (χ1v) is 8.51. The van der Waals surface area contributed by atoms with Crippen molar-refractivity contribution in [3.8, 4) is 5.75 Å². The Labute approximate surface area is 156 Å². The third-order valence-corrected chi connectivity index (χ3v) is 4.22. The number of fused-ring (bicyclic) bond motifs is 1. The number of ether oxygens (including phenoxy) is 2. The molecule has 7 heteroatoms. The molecular weight excluding hydrogens is 346 g/mol. The van der Waals surface area contributed by atoms with Crippen LogP contribution in [0.1, 0.15) is 11.4 Å². The molecule has 0 aliphatic carbocycles. The summed E-state index contributed by atoms with van der Waals surface area (Å²) in [5.74, 6) is -0.470. The molecule has 0 bridgehead atoms. The molecule has 0 saturated carbocycles. The zero-order chi connectivity index (χ0) is 19.4. The lowest BCUT2D eigenvalue weighted by Crippen LogP contribution is -2.24. The molecule has 140 valence electrons. The van der Waals surface area contributed by atoms with E-state index in [2.05, 4.69) is 10.4 Å². The summed E-state index contributed by atoms with van der Waals surface area (Å²) in [7, 11) is 1.79. The van der Waals surface area contributed by atoms with Crippen molar-refractivity contribution in [3.05, 3.63) is 53.9 Å². The number of rotatable bonds is 6. The van der Waals surface area contributed by atoms with E-state index in [0.29, 0.717) is 17.1 Å². The maximum Gasteiger partial charge on any atom is 0.344 e. The predicted octanol–water partition coefficient (Wildman–Crippen LogP) is 2.75. The minimum atomic E-state index is -0.613. The Balaban J connectivity index is 1.48. The molecule has 1 N–H and O–H groups in total. The summed E-state index contributed by atoms with van der Waals surface area (Å²) in [5, 5.41) is 9.03. The molecule has 0 radical (unpaired) electrons. The summed E-state index contributed by atoms with van der Waals surface area (Å²) in [6.45, 7) is 3.00. The van der Waals surface area contributed by atoms with Crippen LogP contribution in [0.2, 0.25) is 0 Å². The van der Waals surface area contributed by atoms with Crippen molar-refractivity contribution in [2.45, 2.75) is 13.8 Å². The lowest BCUT2D eigenvalue weighted by molar-refractivity contribution is -0.149. The number of aryl methyl sites for hydroxylation is 2. The summed E-state index contributed by atoms with van der Waals surface area (Å²) >= 11 is 0. The molecule has 1 amide bonds. The van der Waals surface area contributed by atoms with E-state index >= 15 is 0 Å². The second-order valence-electron chi connectivity index (χ2n) is 6.18.